The van der Waals surface area contributed by atoms with Crippen molar-refractivity contribution in [2.45, 2.75) is 59.1 Å². The highest BCUT2D eigenvalue weighted by molar-refractivity contribution is 6.32. The first kappa shape index (κ1) is 17.3. The number of nitrogens with two attached hydrogens (primary N) is 1. The lowest BCUT2D eigenvalue weighted by molar-refractivity contribution is 0.134. The Kier molecular flexibility index (Phi) is 6.31. The summed E-state index contributed by atoms with van der Waals surface area (Å²) in [5, 5.41) is 10.8. The molecule has 114 valence electrons. The Labute approximate surface area is 127 Å². The van der Waals surface area contributed by atoms with Gasteiger partial charge in [0.2, 0.25) is 0 Å². The number of ether oxygens (including phenoxy) is 1. The summed E-state index contributed by atoms with van der Waals surface area (Å²) in [6.07, 6.45) is 0.0665. The molecule has 0 aliphatic carbocycles. The highest BCUT2D eigenvalue weighted by atomic mass is 35.5. The van der Waals surface area contributed by atoms with Crippen LogP contribution < -0.4 is 10.5 Å². The Morgan fingerprint density at radius 1 is 1.35 bits per heavy atom. The van der Waals surface area contributed by atoms with E-state index in [1.807, 2.05) is 33.8 Å². The second kappa shape index (κ2) is 7.30. The largest absolute Gasteiger partial charge is 0.494 e. The maximum Gasteiger partial charge on any atom is 0.123 e. The number of halogens is 1. The SMILES string of the molecule is CCOc1cc(C)c(Cl)c(C)c1C(C)CC(O)C(C)N. The summed E-state index contributed by atoms with van der Waals surface area (Å²) < 4.78 is 5.75. The molecule has 0 aromatic heterocycles. The van der Waals surface area contributed by atoms with Crippen LogP contribution in [0.15, 0.2) is 6.07 Å². The lowest BCUT2D eigenvalue weighted by Crippen LogP contribution is -2.32. The number of aryl methyl sites for hydroxylation is 1. The van der Waals surface area contributed by atoms with Crippen molar-refractivity contribution in [3.8, 4) is 5.75 Å². The van der Waals surface area contributed by atoms with Crippen LogP contribution in [-0.2, 0) is 0 Å². The molecular formula is C16H26ClNO2. The van der Waals surface area contributed by atoms with Crippen molar-refractivity contribution in [3.05, 3.63) is 27.8 Å². The van der Waals surface area contributed by atoms with Crippen molar-refractivity contribution in [1.29, 1.82) is 0 Å². The third-order valence-electron chi connectivity index (χ3n) is 3.69. The van der Waals surface area contributed by atoms with Gasteiger partial charge in [-0.05, 0) is 57.2 Å². The average molecular weight is 300 g/mol. The average Bonchev–Trinajstić information content (AvgIpc) is 2.36. The predicted octanol–water partition coefficient (Wildman–Crippen LogP) is 3.56. The van der Waals surface area contributed by atoms with Crippen molar-refractivity contribution >= 4 is 11.6 Å². The molecule has 1 aromatic carbocycles. The maximum absolute atomic E-state index is 9.99. The molecule has 4 heteroatoms. The monoisotopic (exact) mass is 299 g/mol. The predicted molar refractivity (Wildman–Crippen MR) is 84.8 cm³/mol. The van der Waals surface area contributed by atoms with E-state index in [-0.39, 0.29) is 12.0 Å². The summed E-state index contributed by atoms with van der Waals surface area (Å²) >= 11 is 6.36. The molecule has 0 spiro atoms. The van der Waals surface area contributed by atoms with E-state index in [1.165, 1.54) is 0 Å². The van der Waals surface area contributed by atoms with Gasteiger partial charge in [-0.25, -0.2) is 0 Å². The number of benzene rings is 1. The van der Waals surface area contributed by atoms with Gasteiger partial charge in [-0.1, -0.05) is 18.5 Å². The fourth-order valence-electron chi connectivity index (χ4n) is 2.52. The molecule has 3 N–H and O–H groups in total. The normalized spacial score (nSPS) is 15.8. The Morgan fingerprint density at radius 3 is 2.45 bits per heavy atom. The summed E-state index contributed by atoms with van der Waals surface area (Å²) in [6.45, 7) is 10.4. The summed E-state index contributed by atoms with van der Waals surface area (Å²) in [7, 11) is 0. The fraction of sp³-hybridized carbons (Fsp3) is 0.625. The molecular weight excluding hydrogens is 274 g/mol. The van der Waals surface area contributed by atoms with Crippen molar-refractivity contribution in [3.63, 3.8) is 0 Å². The van der Waals surface area contributed by atoms with Crippen LogP contribution in [0.4, 0.5) is 0 Å². The van der Waals surface area contributed by atoms with E-state index < -0.39 is 6.10 Å². The van der Waals surface area contributed by atoms with Crippen LogP contribution in [-0.4, -0.2) is 23.9 Å². The van der Waals surface area contributed by atoms with Crippen molar-refractivity contribution in [2.75, 3.05) is 6.61 Å². The molecule has 20 heavy (non-hydrogen) atoms. The molecule has 0 amide bonds. The smallest absolute Gasteiger partial charge is 0.123 e. The van der Waals surface area contributed by atoms with Crippen molar-refractivity contribution in [1.82, 2.24) is 0 Å². The first-order valence-corrected chi connectivity index (χ1v) is 7.53. The minimum absolute atomic E-state index is 0.135. The van der Waals surface area contributed by atoms with Gasteiger partial charge in [0.1, 0.15) is 5.75 Å². The topological polar surface area (TPSA) is 55.5 Å². The molecule has 0 saturated carbocycles. The molecule has 3 unspecified atom stereocenters. The van der Waals surface area contributed by atoms with Gasteiger partial charge in [-0.2, -0.15) is 0 Å². The van der Waals surface area contributed by atoms with Gasteiger partial charge < -0.3 is 15.6 Å². The van der Waals surface area contributed by atoms with Gasteiger partial charge in [-0.3, -0.25) is 0 Å². The molecule has 0 aliphatic rings. The van der Waals surface area contributed by atoms with E-state index in [9.17, 15) is 5.11 Å². The Balaban J connectivity index is 3.17. The molecule has 0 bridgehead atoms. The van der Waals surface area contributed by atoms with E-state index in [4.69, 9.17) is 22.1 Å². The zero-order valence-corrected chi connectivity index (χ0v) is 13.8. The lowest BCUT2D eigenvalue weighted by Gasteiger charge is -2.24. The van der Waals surface area contributed by atoms with Crippen LogP contribution in [0.25, 0.3) is 0 Å². The third kappa shape index (κ3) is 3.87. The standard InChI is InChI=1S/C16H26ClNO2/c1-6-20-14-8-10(3)16(17)11(4)15(14)9(2)7-13(19)12(5)18/h8-9,12-13,19H,6-7,18H2,1-5H3. The molecule has 0 heterocycles. The summed E-state index contributed by atoms with van der Waals surface area (Å²) in [6, 6.07) is 1.73. The minimum atomic E-state index is -0.529. The Morgan fingerprint density at radius 2 is 1.95 bits per heavy atom. The van der Waals surface area contributed by atoms with Gasteiger partial charge in [0, 0.05) is 16.6 Å². The van der Waals surface area contributed by atoms with Gasteiger partial charge in [-0.15, -0.1) is 0 Å². The first-order valence-electron chi connectivity index (χ1n) is 7.15. The van der Waals surface area contributed by atoms with Crippen LogP contribution in [0.3, 0.4) is 0 Å². The highest BCUT2D eigenvalue weighted by Gasteiger charge is 2.22. The first-order chi connectivity index (χ1) is 9.29. The van der Waals surface area contributed by atoms with Gasteiger partial charge in [0.25, 0.3) is 0 Å². The Bertz CT molecular complexity index is 460. The van der Waals surface area contributed by atoms with Gasteiger partial charge in [0.05, 0.1) is 12.7 Å². The number of hydrogen-bond acceptors (Lipinski definition) is 3. The number of hydrogen-bond donors (Lipinski definition) is 2. The van der Waals surface area contributed by atoms with Crippen LogP contribution in [0.1, 0.15) is 49.8 Å². The van der Waals surface area contributed by atoms with Crippen LogP contribution >= 0.6 is 11.6 Å². The minimum Gasteiger partial charge on any atom is -0.494 e. The van der Waals surface area contributed by atoms with Crippen molar-refractivity contribution < 1.29 is 9.84 Å². The molecule has 0 fully saturated rings. The number of aliphatic hydroxyl groups excluding tert-OH is 1. The van der Waals surface area contributed by atoms with E-state index in [0.717, 1.165) is 27.5 Å². The summed E-state index contributed by atoms with van der Waals surface area (Å²) in [4.78, 5) is 0. The van der Waals surface area contributed by atoms with Gasteiger partial charge >= 0.3 is 0 Å². The second-order valence-electron chi connectivity index (χ2n) is 5.54. The third-order valence-corrected chi connectivity index (χ3v) is 4.27. The summed E-state index contributed by atoms with van der Waals surface area (Å²) in [5.41, 5.74) is 8.85. The van der Waals surface area contributed by atoms with Gasteiger partial charge in [0.15, 0.2) is 0 Å². The van der Waals surface area contributed by atoms with Crippen LogP contribution in [0.5, 0.6) is 5.75 Å². The van der Waals surface area contributed by atoms with E-state index in [2.05, 4.69) is 6.92 Å². The summed E-state index contributed by atoms with van der Waals surface area (Å²) in [5.74, 6) is 0.993. The van der Waals surface area contributed by atoms with Crippen molar-refractivity contribution in [2.24, 2.45) is 5.73 Å². The van der Waals surface area contributed by atoms with Crippen LogP contribution in [0, 0.1) is 13.8 Å². The zero-order valence-electron chi connectivity index (χ0n) is 13.0. The molecule has 0 saturated heterocycles. The maximum atomic E-state index is 9.99. The number of aliphatic hydroxyl groups is 1. The van der Waals surface area contributed by atoms with Crippen LogP contribution in [0.2, 0.25) is 5.02 Å². The highest BCUT2D eigenvalue weighted by Crippen LogP contribution is 2.38. The quantitative estimate of drug-likeness (QED) is 0.844. The molecule has 3 nitrogen and oxygen atoms in total. The van der Waals surface area contributed by atoms with E-state index in [0.29, 0.717) is 13.0 Å². The fourth-order valence-corrected chi connectivity index (χ4v) is 2.68. The van der Waals surface area contributed by atoms with E-state index >= 15 is 0 Å². The van der Waals surface area contributed by atoms with E-state index in [1.54, 1.807) is 0 Å². The number of rotatable bonds is 6. The zero-order chi connectivity index (χ0) is 15.4. The molecule has 1 aromatic rings. The molecule has 0 aliphatic heterocycles. The molecule has 3 atom stereocenters. The molecule has 1 rings (SSSR count). The second-order valence-corrected chi connectivity index (χ2v) is 5.92. The Hall–Kier alpha value is -0.770. The molecule has 0 radical (unpaired) electrons. The lowest BCUT2D eigenvalue weighted by atomic mass is 9.88.